The van der Waals surface area contributed by atoms with Crippen LogP contribution in [-0.4, -0.2) is 0 Å². The number of benzene rings is 1. The summed E-state index contributed by atoms with van der Waals surface area (Å²) in [5.41, 5.74) is 1.07. The number of unbranched alkanes of at least 4 members (excludes halogenated alkanes) is 4. The molecule has 0 amide bonds. The lowest BCUT2D eigenvalue weighted by molar-refractivity contribution is 0.679. The van der Waals surface area contributed by atoms with E-state index in [9.17, 15) is 0 Å². The molecule has 0 fully saturated rings. The summed E-state index contributed by atoms with van der Waals surface area (Å²) in [5, 5.41) is 0. The molecule has 1 aromatic carbocycles. The van der Waals surface area contributed by atoms with Crippen molar-refractivity contribution >= 4 is 0 Å². The van der Waals surface area contributed by atoms with E-state index in [4.69, 9.17) is 0 Å². The van der Waals surface area contributed by atoms with Gasteiger partial charge in [-0.25, -0.2) is 0 Å². The maximum absolute atomic E-state index is 3.19. The largest absolute Gasteiger partial charge is 0.0979 e. The van der Waals surface area contributed by atoms with Crippen LogP contribution in [0.4, 0.5) is 0 Å². The minimum atomic E-state index is 1.02. The van der Waals surface area contributed by atoms with Crippen LogP contribution in [0.3, 0.4) is 0 Å². The predicted molar refractivity (Wildman–Crippen MR) is 60.9 cm³/mol. The topological polar surface area (TPSA) is 0 Å². The van der Waals surface area contributed by atoms with E-state index in [-0.39, 0.29) is 0 Å². The highest BCUT2D eigenvalue weighted by atomic mass is 13.9. The van der Waals surface area contributed by atoms with Crippen molar-refractivity contribution in [1.82, 2.24) is 0 Å². The summed E-state index contributed by atoms with van der Waals surface area (Å²) in [5.74, 6) is 6.33. The fraction of sp³-hybridized carbons (Fsp3) is 0.429. The zero-order valence-corrected chi connectivity index (χ0v) is 8.84. The number of hydrogen-bond acceptors (Lipinski definition) is 0. The molecule has 0 aliphatic heterocycles. The average Bonchev–Trinajstić information content (AvgIpc) is 2.25. The Morgan fingerprint density at radius 1 is 1.29 bits per heavy atom. The van der Waals surface area contributed by atoms with Crippen LogP contribution in [0.15, 0.2) is 24.3 Å². The van der Waals surface area contributed by atoms with Crippen LogP contribution < -0.4 is 0 Å². The molecule has 0 N–H and O–H groups in total. The molecule has 0 bridgehead atoms. The van der Waals surface area contributed by atoms with Crippen LogP contribution in [0.2, 0.25) is 0 Å². The number of rotatable bonds is 4. The SMILES string of the molecule is CCCCCCC#Cc1c[c]ccc1. The van der Waals surface area contributed by atoms with E-state index in [1.807, 2.05) is 24.3 Å². The van der Waals surface area contributed by atoms with Crippen LogP contribution in [0.25, 0.3) is 0 Å². The van der Waals surface area contributed by atoms with Crippen molar-refractivity contribution in [3.05, 3.63) is 35.9 Å². The molecule has 0 spiro atoms. The molecule has 1 radical (unpaired) electrons. The van der Waals surface area contributed by atoms with Crippen LogP contribution in [0, 0.1) is 17.9 Å². The Hall–Kier alpha value is -1.22. The second-order valence-corrected chi connectivity index (χ2v) is 3.40. The Bertz CT molecular complexity index is 287. The maximum atomic E-state index is 3.19. The van der Waals surface area contributed by atoms with Gasteiger partial charge in [0.1, 0.15) is 0 Å². The third-order valence-electron chi connectivity index (χ3n) is 2.10. The summed E-state index contributed by atoms with van der Waals surface area (Å²) < 4.78 is 0. The lowest BCUT2D eigenvalue weighted by atomic mass is 10.1. The van der Waals surface area contributed by atoms with E-state index < -0.39 is 0 Å². The third kappa shape index (κ3) is 4.72. The third-order valence-corrected chi connectivity index (χ3v) is 2.10. The van der Waals surface area contributed by atoms with Gasteiger partial charge >= 0.3 is 0 Å². The van der Waals surface area contributed by atoms with Crippen LogP contribution in [0.5, 0.6) is 0 Å². The molecule has 0 heterocycles. The van der Waals surface area contributed by atoms with Gasteiger partial charge in [0, 0.05) is 12.0 Å². The van der Waals surface area contributed by atoms with Crippen molar-refractivity contribution in [1.29, 1.82) is 0 Å². The van der Waals surface area contributed by atoms with Crippen molar-refractivity contribution in [3.63, 3.8) is 0 Å². The molecule has 0 nitrogen and oxygen atoms in total. The molecule has 1 aromatic rings. The summed E-state index contributed by atoms with van der Waals surface area (Å²) in [4.78, 5) is 0. The Morgan fingerprint density at radius 3 is 2.93 bits per heavy atom. The lowest BCUT2D eigenvalue weighted by Gasteiger charge is -1.92. The molecule has 0 aliphatic rings. The van der Waals surface area contributed by atoms with Gasteiger partial charge in [0.2, 0.25) is 0 Å². The van der Waals surface area contributed by atoms with E-state index in [1.165, 1.54) is 25.7 Å². The van der Waals surface area contributed by atoms with Gasteiger partial charge in [0.25, 0.3) is 0 Å². The van der Waals surface area contributed by atoms with Crippen molar-refractivity contribution in [2.75, 3.05) is 0 Å². The first-order valence-corrected chi connectivity index (χ1v) is 5.38. The van der Waals surface area contributed by atoms with E-state index in [0.717, 1.165) is 12.0 Å². The number of hydrogen-bond donors (Lipinski definition) is 0. The first-order chi connectivity index (χ1) is 6.93. The molecule has 0 atom stereocenters. The average molecular weight is 185 g/mol. The second kappa shape index (κ2) is 7.21. The van der Waals surface area contributed by atoms with Crippen molar-refractivity contribution in [3.8, 4) is 11.8 Å². The fourth-order valence-electron chi connectivity index (χ4n) is 1.28. The zero-order chi connectivity index (χ0) is 10.1. The van der Waals surface area contributed by atoms with Gasteiger partial charge in [0.05, 0.1) is 0 Å². The summed E-state index contributed by atoms with van der Waals surface area (Å²) in [6, 6.07) is 10.8. The Balaban J connectivity index is 2.21. The first-order valence-electron chi connectivity index (χ1n) is 5.38. The van der Waals surface area contributed by atoms with Gasteiger partial charge < -0.3 is 0 Å². The van der Waals surface area contributed by atoms with Crippen LogP contribution in [0.1, 0.15) is 44.6 Å². The molecule has 14 heavy (non-hydrogen) atoms. The molecule has 0 unspecified atom stereocenters. The van der Waals surface area contributed by atoms with Crippen molar-refractivity contribution in [2.45, 2.75) is 39.0 Å². The molecule has 0 saturated heterocycles. The Labute approximate surface area is 87.4 Å². The summed E-state index contributed by atoms with van der Waals surface area (Å²) in [7, 11) is 0. The van der Waals surface area contributed by atoms with E-state index in [2.05, 4.69) is 24.8 Å². The Kier molecular flexibility index (Phi) is 5.59. The standard InChI is InChI=1S/C14H17/c1-2-3-4-5-6-8-11-14-12-9-7-10-13-14/h7,9,12-13H,2-6H2,1H3. The molecule has 0 aromatic heterocycles. The van der Waals surface area contributed by atoms with E-state index >= 15 is 0 Å². The highest BCUT2D eigenvalue weighted by Crippen LogP contribution is 2.01. The molecule has 73 valence electrons. The second-order valence-electron chi connectivity index (χ2n) is 3.40. The lowest BCUT2D eigenvalue weighted by Crippen LogP contribution is -1.75. The monoisotopic (exact) mass is 185 g/mol. The molecule has 1 rings (SSSR count). The minimum absolute atomic E-state index is 1.02. The minimum Gasteiger partial charge on any atom is -0.0979 e. The van der Waals surface area contributed by atoms with Crippen molar-refractivity contribution < 1.29 is 0 Å². The van der Waals surface area contributed by atoms with Gasteiger partial charge in [-0.1, -0.05) is 50.2 Å². The van der Waals surface area contributed by atoms with Gasteiger partial charge in [-0.05, 0) is 24.6 Å². The quantitative estimate of drug-likeness (QED) is 0.494. The van der Waals surface area contributed by atoms with Gasteiger partial charge in [0.15, 0.2) is 0 Å². The first kappa shape index (κ1) is 10.9. The van der Waals surface area contributed by atoms with Gasteiger partial charge in [-0.3, -0.25) is 0 Å². The summed E-state index contributed by atoms with van der Waals surface area (Å²) in [6.07, 6.45) is 6.19. The Morgan fingerprint density at radius 2 is 2.21 bits per heavy atom. The molecular formula is C14H17. The van der Waals surface area contributed by atoms with Crippen LogP contribution >= 0.6 is 0 Å². The highest BCUT2D eigenvalue weighted by Gasteiger charge is 1.84. The van der Waals surface area contributed by atoms with Gasteiger partial charge in [-0.2, -0.15) is 0 Å². The summed E-state index contributed by atoms with van der Waals surface area (Å²) >= 11 is 0. The molecule has 0 saturated carbocycles. The molecule has 0 heteroatoms. The fourth-order valence-corrected chi connectivity index (χ4v) is 1.28. The zero-order valence-electron chi connectivity index (χ0n) is 8.84. The molecular weight excluding hydrogens is 168 g/mol. The van der Waals surface area contributed by atoms with E-state index in [0.29, 0.717) is 0 Å². The maximum Gasteiger partial charge on any atom is 0.0251 e. The van der Waals surface area contributed by atoms with Gasteiger partial charge in [-0.15, -0.1) is 0 Å². The smallest absolute Gasteiger partial charge is 0.0251 e. The summed E-state index contributed by atoms with van der Waals surface area (Å²) in [6.45, 7) is 2.23. The van der Waals surface area contributed by atoms with Crippen molar-refractivity contribution in [2.24, 2.45) is 0 Å². The predicted octanol–water partition coefficient (Wildman–Crippen LogP) is 3.81. The van der Waals surface area contributed by atoms with E-state index in [1.54, 1.807) is 0 Å². The normalized spacial score (nSPS) is 9.21. The molecule has 0 aliphatic carbocycles. The van der Waals surface area contributed by atoms with Crippen LogP contribution in [-0.2, 0) is 0 Å². The highest BCUT2D eigenvalue weighted by molar-refractivity contribution is 5.32.